The lowest BCUT2D eigenvalue weighted by atomic mass is 9.76. The van der Waals surface area contributed by atoms with E-state index in [1.807, 2.05) is 0 Å². The summed E-state index contributed by atoms with van der Waals surface area (Å²) in [4.78, 5) is 0. The van der Waals surface area contributed by atoms with Gasteiger partial charge in [0.25, 0.3) is 0 Å². The molecule has 0 saturated heterocycles. The predicted octanol–water partition coefficient (Wildman–Crippen LogP) is 4.44. The van der Waals surface area contributed by atoms with Gasteiger partial charge in [-0.25, -0.2) is 0 Å². The van der Waals surface area contributed by atoms with Crippen LogP contribution in [0.25, 0.3) is 0 Å². The maximum absolute atomic E-state index is 5.80. The summed E-state index contributed by atoms with van der Waals surface area (Å²) in [7, 11) is 0. The number of ether oxygens (including phenoxy) is 1. The largest absolute Gasteiger partial charge is 0.492 e. The molecule has 1 unspecified atom stereocenters. The van der Waals surface area contributed by atoms with Gasteiger partial charge in [-0.1, -0.05) is 47.6 Å². The van der Waals surface area contributed by atoms with Crippen molar-refractivity contribution in [2.24, 2.45) is 5.41 Å². The van der Waals surface area contributed by atoms with Crippen molar-refractivity contribution in [1.29, 1.82) is 0 Å². The van der Waals surface area contributed by atoms with Crippen LogP contribution in [0.3, 0.4) is 0 Å². The van der Waals surface area contributed by atoms with Crippen LogP contribution in [0.4, 0.5) is 0 Å². The van der Waals surface area contributed by atoms with E-state index >= 15 is 0 Å². The SMILES string of the molecule is CCNC(c1ccc2c(c1)C(C)(C)CO2)C(C)(C)CC. The summed E-state index contributed by atoms with van der Waals surface area (Å²) < 4.78 is 5.80. The number of fused-ring (bicyclic) bond motifs is 1. The average Bonchev–Trinajstić information content (AvgIpc) is 2.71. The monoisotopic (exact) mass is 275 g/mol. The molecule has 20 heavy (non-hydrogen) atoms. The van der Waals surface area contributed by atoms with Gasteiger partial charge in [0.15, 0.2) is 0 Å². The van der Waals surface area contributed by atoms with Crippen molar-refractivity contribution in [2.45, 2.75) is 59.4 Å². The van der Waals surface area contributed by atoms with Crippen LogP contribution in [0, 0.1) is 5.41 Å². The van der Waals surface area contributed by atoms with Crippen LogP contribution in [0.1, 0.15) is 65.1 Å². The molecule has 0 radical (unpaired) electrons. The predicted molar refractivity (Wildman–Crippen MR) is 85.5 cm³/mol. The van der Waals surface area contributed by atoms with Crippen molar-refractivity contribution < 1.29 is 4.74 Å². The van der Waals surface area contributed by atoms with Gasteiger partial charge in [-0.3, -0.25) is 0 Å². The number of benzene rings is 1. The summed E-state index contributed by atoms with van der Waals surface area (Å²) in [6.07, 6.45) is 1.15. The zero-order chi connectivity index (χ0) is 15.0. The van der Waals surface area contributed by atoms with Gasteiger partial charge in [-0.2, -0.15) is 0 Å². The van der Waals surface area contributed by atoms with Gasteiger partial charge in [0.2, 0.25) is 0 Å². The van der Waals surface area contributed by atoms with Crippen molar-refractivity contribution >= 4 is 0 Å². The Morgan fingerprint density at radius 1 is 1.30 bits per heavy atom. The number of rotatable bonds is 5. The molecule has 2 heteroatoms. The maximum atomic E-state index is 5.80. The molecule has 0 aliphatic carbocycles. The van der Waals surface area contributed by atoms with E-state index in [4.69, 9.17) is 4.74 Å². The summed E-state index contributed by atoms with van der Waals surface area (Å²) in [6.45, 7) is 15.4. The van der Waals surface area contributed by atoms with E-state index in [1.54, 1.807) is 0 Å². The molecule has 112 valence electrons. The number of hydrogen-bond acceptors (Lipinski definition) is 2. The van der Waals surface area contributed by atoms with Gasteiger partial charge in [-0.05, 0) is 36.1 Å². The number of hydrogen-bond donors (Lipinski definition) is 1. The molecule has 1 aromatic carbocycles. The lowest BCUT2D eigenvalue weighted by molar-refractivity contribution is 0.237. The lowest BCUT2D eigenvalue weighted by Gasteiger charge is -2.35. The Labute approximate surface area is 123 Å². The first-order valence-corrected chi connectivity index (χ1v) is 7.82. The molecular weight excluding hydrogens is 246 g/mol. The molecule has 2 nitrogen and oxygen atoms in total. The highest BCUT2D eigenvalue weighted by atomic mass is 16.5. The first kappa shape index (κ1) is 15.4. The second-order valence-electron chi connectivity index (χ2n) is 7.26. The third-order valence-corrected chi connectivity index (χ3v) is 4.76. The van der Waals surface area contributed by atoms with Crippen molar-refractivity contribution in [3.63, 3.8) is 0 Å². The maximum Gasteiger partial charge on any atom is 0.123 e. The van der Waals surface area contributed by atoms with Crippen molar-refractivity contribution in [3.05, 3.63) is 29.3 Å². The summed E-state index contributed by atoms with van der Waals surface area (Å²) in [5, 5.41) is 3.67. The summed E-state index contributed by atoms with van der Waals surface area (Å²) in [6, 6.07) is 7.12. The molecule has 1 aliphatic rings. The highest BCUT2D eigenvalue weighted by Gasteiger charge is 2.34. The van der Waals surface area contributed by atoms with E-state index in [0.29, 0.717) is 6.04 Å². The minimum Gasteiger partial charge on any atom is -0.492 e. The Morgan fingerprint density at radius 3 is 2.60 bits per heavy atom. The van der Waals surface area contributed by atoms with E-state index in [-0.39, 0.29) is 10.8 Å². The van der Waals surface area contributed by atoms with Crippen LogP contribution in [-0.2, 0) is 5.41 Å². The van der Waals surface area contributed by atoms with Gasteiger partial charge < -0.3 is 10.1 Å². The zero-order valence-corrected chi connectivity index (χ0v) is 13.8. The molecule has 0 spiro atoms. The molecule has 0 aromatic heterocycles. The molecular formula is C18H29NO. The topological polar surface area (TPSA) is 21.3 Å². The van der Waals surface area contributed by atoms with Crippen LogP contribution in [0.2, 0.25) is 0 Å². The van der Waals surface area contributed by atoms with Crippen LogP contribution in [0.15, 0.2) is 18.2 Å². The number of nitrogens with one attached hydrogen (secondary N) is 1. The lowest BCUT2D eigenvalue weighted by Crippen LogP contribution is -2.34. The molecule has 1 N–H and O–H groups in total. The fourth-order valence-electron chi connectivity index (χ4n) is 2.97. The summed E-state index contributed by atoms with van der Waals surface area (Å²) >= 11 is 0. The van der Waals surface area contributed by atoms with E-state index in [0.717, 1.165) is 25.3 Å². The minimum atomic E-state index is 0.123. The van der Waals surface area contributed by atoms with E-state index in [2.05, 4.69) is 65.1 Å². The Morgan fingerprint density at radius 2 is 2.00 bits per heavy atom. The van der Waals surface area contributed by atoms with Gasteiger partial charge in [0, 0.05) is 17.0 Å². The fraction of sp³-hybridized carbons (Fsp3) is 0.667. The molecule has 0 amide bonds. The quantitative estimate of drug-likeness (QED) is 0.857. The van der Waals surface area contributed by atoms with Crippen molar-refractivity contribution in [2.75, 3.05) is 13.2 Å². The molecule has 0 bridgehead atoms. The van der Waals surface area contributed by atoms with Gasteiger partial charge in [0.05, 0.1) is 6.61 Å². The van der Waals surface area contributed by atoms with E-state index < -0.39 is 0 Å². The third kappa shape index (κ3) is 2.71. The summed E-state index contributed by atoms with van der Waals surface area (Å²) in [5.41, 5.74) is 3.10. The Kier molecular flexibility index (Phi) is 4.15. The van der Waals surface area contributed by atoms with Gasteiger partial charge in [0.1, 0.15) is 5.75 Å². The Bertz CT molecular complexity index is 476. The normalized spacial score (nSPS) is 18.5. The standard InChI is InChI=1S/C18H29NO/c1-7-17(3,4)16(19-8-2)13-9-10-15-14(11-13)18(5,6)12-20-15/h9-11,16,19H,7-8,12H2,1-6H3. The van der Waals surface area contributed by atoms with Crippen LogP contribution in [0.5, 0.6) is 5.75 Å². The van der Waals surface area contributed by atoms with Crippen LogP contribution < -0.4 is 10.1 Å². The average molecular weight is 275 g/mol. The highest BCUT2D eigenvalue weighted by Crippen LogP contribution is 2.42. The molecule has 0 fully saturated rings. The highest BCUT2D eigenvalue weighted by molar-refractivity contribution is 5.46. The first-order valence-electron chi connectivity index (χ1n) is 7.82. The zero-order valence-electron chi connectivity index (χ0n) is 13.8. The molecule has 1 heterocycles. The van der Waals surface area contributed by atoms with Crippen molar-refractivity contribution in [3.8, 4) is 5.75 Å². The Hall–Kier alpha value is -1.02. The van der Waals surface area contributed by atoms with E-state index in [1.165, 1.54) is 11.1 Å². The third-order valence-electron chi connectivity index (χ3n) is 4.76. The van der Waals surface area contributed by atoms with Gasteiger partial charge >= 0.3 is 0 Å². The van der Waals surface area contributed by atoms with Crippen LogP contribution in [-0.4, -0.2) is 13.2 Å². The second-order valence-corrected chi connectivity index (χ2v) is 7.26. The molecule has 0 saturated carbocycles. The molecule has 2 rings (SSSR count). The molecule has 1 atom stereocenters. The minimum absolute atomic E-state index is 0.123. The van der Waals surface area contributed by atoms with Gasteiger partial charge in [-0.15, -0.1) is 0 Å². The first-order chi connectivity index (χ1) is 9.31. The second kappa shape index (κ2) is 5.40. The smallest absolute Gasteiger partial charge is 0.123 e. The molecule has 1 aromatic rings. The fourth-order valence-corrected chi connectivity index (χ4v) is 2.97. The summed E-state index contributed by atoms with van der Waals surface area (Å²) in [5.74, 6) is 1.06. The molecule has 1 aliphatic heterocycles. The Balaban J connectivity index is 2.41. The van der Waals surface area contributed by atoms with Crippen LogP contribution >= 0.6 is 0 Å². The van der Waals surface area contributed by atoms with Crippen molar-refractivity contribution in [1.82, 2.24) is 5.32 Å². The van der Waals surface area contributed by atoms with E-state index in [9.17, 15) is 0 Å².